The zero-order valence-corrected chi connectivity index (χ0v) is 52.1. The lowest BCUT2D eigenvalue weighted by Gasteiger charge is -2.18. The predicted molar refractivity (Wildman–Crippen MR) is 344 cm³/mol. The van der Waals surface area contributed by atoms with E-state index in [4.69, 9.17) is 14.2 Å². The molecule has 79 heavy (non-hydrogen) atoms. The Kier molecular flexibility index (Phi) is 63.7. The molecule has 0 aliphatic rings. The van der Waals surface area contributed by atoms with Gasteiger partial charge in [-0.15, -0.1) is 0 Å². The Morgan fingerprint density at radius 2 is 0.506 bits per heavy atom. The molecule has 0 aliphatic carbocycles. The molecule has 0 fully saturated rings. The van der Waals surface area contributed by atoms with Gasteiger partial charge >= 0.3 is 17.9 Å². The van der Waals surface area contributed by atoms with Gasteiger partial charge in [-0.05, 0) is 116 Å². The summed E-state index contributed by atoms with van der Waals surface area (Å²) >= 11 is 0. The van der Waals surface area contributed by atoms with Gasteiger partial charge in [0.25, 0.3) is 0 Å². The van der Waals surface area contributed by atoms with Gasteiger partial charge in [0.05, 0.1) is 0 Å². The molecular weight excluding hydrogens is 973 g/mol. The van der Waals surface area contributed by atoms with E-state index in [9.17, 15) is 14.4 Å². The third-order valence-corrected chi connectivity index (χ3v) is 14.5. The summed E-state index contributed by atoms with van der Waals surface area (Å²) in [5, 5.41) is 0. The number of rotatable bonds is 61. The average Bonchev–Trinajstić information content (AvgIpc) is 3.45. The van der Waals surface area contributed by atoms with Crippen LogP contribution in [0.4, 0.5) is 0 Å². The minimum atomic E-state index is -0.785. The van der Waals surface area contributed by atoms with Crippen LogP contribution in [0.2, 0.25) is 0 Å². The van der Waals surface area contributed by atoms with Crippen LogP contribution in [0.25, 0.3) is 0 Å². The molecular formula is C73H126O6. The normalized spacial score (nSPS) is 12.7. The standard InChI is InChI=1S/C73H126O6/c1-4-7-10-13-16-19-22-24-26-28-30-32-34-36-38-40-42-44-46-48-51-54-57-60-63-66-72(75)78-69-70(68-77-71(74)65-62-59-56-53-50-21-18-15-12-9-6-3)79-73(76)67-64-61-58-55-52-49-47-45-43-41-39-37-35-33-31-29-27-25-23-20-17-14-11-8-5-2/h7,10,15-16,18-19,23-26,29-32,35,37,70H,4-6,8-9,11-14,17,20-22,27-28,33-34,36,38-69H2,1-3H3/b10-7-,18-15-,19-16-,25-23-,26-24-,31-29-,32-30-,37-35-. The molecule has 454 valence electrons. The first-order chi connectivity index (χ1) is 39.0. The van der Waals surface area contributed by atoms with Crippen LogP contribution in [0.5, 0.6) is 0 Å². The number of unbranched alkanes of at least 4 members (excludes halogenated alkanes) is 34. The fraction of sp³-hybridized carbons (Fsp3) is 0.740. The molecule has 0 spiro atoms. The highest BCUT2D eigenvalue weighted by Gasteiger charge is 2.19. The molecule has 0 saturated heterocycles. The Labute approximate surface area is 489 Å². The van der Waals surface area contributed by atoms with Crippen molar-refractivity contribution in [1.82, 2.24) is 0 Å². The summed E-state index contributed by atoms with van der Waals surface area (Å²) in [6.07, 6.45) is 90.0. The Morgan fingerprint density at radius 1 is 0.266 bits per heavy atom. The van der Waals surface area contributed by atoms with Crippen LogP contribution in [0.1, 0.15) is 329 Å². The van der Waals surface area contributed by atoms with Gasteiger partial charge in [-0.2, -0.15) is 0 Å². The average molecular weight is 1100 g/mol. The summed E-state index contributed by atoms with van der Waals surface area (Å²) in [4.78, 5) is 38.3. The lowest BCUT2D eigenvalue weighted by Crippen LogP contribution is -2.30. The highest BCUT2D eigenvalue weighted by Crippen LogP contribution is 2.17. The van der Waals surface area contributed by atoms with Gasteiger partial charge in [0.15, 0.2) is 6.10 Å². The minimum Gasteiger partial charge on any atom is -0.462 e. The van der Waals surface area contributed by atoms with Gasteiger partial charge in [0.2, 0.25) is 0 Å². The number of ether oxygens (including phenoxy) is 3. The van der Waals surface area contributed by atoms with Gasteiger partial charge in [0, 0.05) is 19.3 Å². The highest BCUT2D eigenvalue weighted by molar-refractivity contribution is 5.71. The van der Waals surface area contributed by atoms with E-state index in [0.29, 0.717) is 19.3 Å². The molecule has 0 aromatic carbocycles. The van der Waals surface area contributed by atoms with Crippen molar-refractivity contribution in [1.29, 1.82) is 0 Å². The lowest BCUT2D eigenvalue weighted by molar-refractivity contribution is -0.167. The molecule has 0 aromatic heterocycles. The summed E-state index contributed by atoms with van der Waals surface area (Å²) in [7, 11) is 0. The van der Waals surface area contributed by atoms with Gasteiger partial charge in [-0.25, -0.2) is 0 Å². The third-order valence-electron chi connectivity index (χ3n) is 14.5. The number of esters is 3. The molecule has 0 aromatic rings. The van der Waals surface area contributed by atoms with Crippen molar-refractivity contribution in [3.8, 4) is 0 Å². The molecule has 1 unspecified atom stereocenters. The fourth-order valence-electron chi connectivity index (χ4n) is 9.48. The molecule has 0 radical (unpaired) electrons. The Balaban J connectivity index is 4.26. The van der Waals surface area contributed by atoms with Crippen LogP contribution in [0.3, 0.4) is 0 Å². The van der Waals surface area contributed by atoms with E-state index in [-0.39, 0.29) is 31.1 Å². The monoisotopic (exact) mass is 1100 g/mol. The molecule has 0 aliphatic heterocycles. The third kappa shape index (κ3) is 65.0. The Morgan fingerprint density at radius 3 is 0.823 bits per heavy atom. The van der Waals surface area contributed by atoms with Crippen LogP contribution < -0.4 is 0 Å². The van der Waals surface area contributed by atoms with E-state index in [1.54, 1.807) is 0 Å². The van der Waals surface area contributed by atoms with Crippen molar-refractivity contribution in [2.75, 3.05) is 13.2 Å². The van der Waals surface area contributed by atoms with Crippen LogP contribution >= 0.6 is 0 Å². The zero-order valence-electron chi connectivity index (χ0n) is 52.1. The molecule has 0 heterocycles. The largest absolute Gasteiger partial charge is 0.462 e. The van der Waals surface area contributed by atoms with Crippen LogP contribution in [0.15, 0.2) is 97.2 Å². The summed E-state index contributed by atoms with van der Waals surface area (Å²) < 4.78 is 16.9. The fourth-order valence-corrected chi connectivity index (χ4v) is 9.48. The Bertz CT molecular complexity index is 1540. The van der Waals surface area contributed by atoms with Gasteiger partial charge in [0.1, 0.15) is 13.2 Å². The zero-order chi connectivity index (χ0) is 57.1. The van der Waals surface area contributed by atoms with E-state index in [1.807, 2.05) is 0 Å². The summed E-state index contributed by atoms with van der Waals surface area (Å²) in [5.41, 5.74) is 0. The SMILES string of the molecule is CC/C=C\C/C=C\C/C=C\C/C=C\CCCCCCCCCCCCCCC(=O)OCC(COC(=O)CCCCCCC/C=C\CCCC)OC(=O)CCCCCCCCCCCC/C=C\C/C=C\C/C=C\CCCCCCC. The molecule has 0 saturated carbocycles. The topological polar surface area (TPSA) is 78.9 Å². The summed E-state index contributed by atoms with van der Waals surface area (Å²) in [6, 6.07) is 0. The van der Waals surface area contributed by atoms with Crippen molar-refractivity contribution in [3.63, 3.8) is 0 Å². The number of allylic oxidation sites excluding steroid dienone is 16. The molecule has 6 heteroatoms. The summed E-state index contributed by atoms with van der Waals surface area (Å²) in [6.45, 7) is 6.50. The first-order valence-electron chi connectivity index (χ1n) is 33.7. The first kappa shape index (κ1) is 75.3. The molecule has 0 bridgehead atoms. The molecule has 1 atom stereocenters. The summed E-state index contributed by atoms with van der Waals surface area (Å²) in [5.74, 6) is -0.886. The van der Waals surface area contributed by atoms with Crippen molar-refractivity contribution >= 4 is 17.9 Å². The maximum absolute atomic E-state index is 12.9. The van der Waals surface area contributed by atoms with Gasteiger partial charge in [-0.1, -0.05) is 291 Å². The molecule has 6 nitrogen and oxygen atoms in total. The number of carbonyl (C=O) groups excluding carboxylic acids is 3. The second kappa shape index (κ2) is 66.8. The second-order valence-electron chi connectivity index (χ2n) is 22.3. The quantitative estimate of drug-likeness (QED) is 0.0261. The minimum absolute atomic E-state index is 0.0814. The van der Waals surface area contributed by atoms with Crippen molar-refractivity contribution in [2.24, 2.45) is 0 Å². The predicted octanol–water partition coefficient (Wildman–Crippen LogP) is 23.2. The van der Waals surface area contributed by atoms with E-state index in [2.05, 4.69) is 118 Å². The van der Waals surface area contributed by atoms with Crippen LogP contribution in [-0.2, 0) is 28.6 Å². The number of carbonyl (C=O) groups is 3. The number of hydrogen-bond donors (Lipinski definition) is 0. The molecule has 0 amide bonds. The second-order valence-corrected chi connectivity index (χ2v) is 22.3. The molecule has 0 N–H and O–H groups in total. The van der Waals surface area contributed by atoms with Crippen LogP contribution in [0, 0.1) is 0 Å². The van der Waals surface area contributed by atoms with E-state index in [0.717, 1.165) is 103 Å². The maximum Gasteiger partial charge on any atom is 0.306 e. The number of hydrogen-bond acceptors (Lipinski definition) is 6. The van der Waals surface area contributed by atoms with E-state index >= 15 is 0 Å². The first-order valence-corrected chi connectivity index (χ1v) is 33.7. The highest BCUT2D eigenvalue weighted by atomic mass is 16.6. The van der Waals surface area contributed by atoms with Gasteiger partial charge in [-0.3, -0.25) is 14.4 Å². The van der Waals surface area contributed by atoms with Crippen molar-refractivity contribution < 1.29 is 28.6 Å². The van der Waals surface area contributed by atoms with Crippen LogP contribution in [-0.4, -0.2) is 37.2 Å². The maximum atomic E-state index is 12.9. The van der Waals surface area contributed by atoms with Gasteiger partial charge < -0.3 is 14.2 Å². The molecule has 0 rings (SSSR count). The van der Waals surface area contributed by atoms with Crippen molar-refractivity contribution in [2.45, 2.75) is 335 Å². The van der Waals surface area contributed by atoms with Crippen molar-refractivity contribution in [3.05, 3.63) is 97.2 Å². The Hall–Kier alpha value is -3.67. The van der Waals surface area contributed by atoms with E-state index in [1.165, 1.54) is 186 Å². The smallest absolute Gasteiger partial charge is 0.306 e. The lowest BCUT2D eigenvalue weighted by atomic mass is 10.0. The van der Waals surface area contributed by atoms with E-state index < -0.39 is 6.10 Å².